The van der Waals surface area contributed by atoms with Gasteiger partial charge in [0.1, 0.15) is 5.82 Å². The number of H-pyrrole nitrogens is 1. The van der Waals surface area contributed by atoms with Crippen LogP contribution in [-0.4, -0.2) is 16.5 Å². The molecule has 84 valence electrons. The first-order chi connectivity index (χ1) is 7.65. The summed E-state index contributed by atoms with van der Waals surface area (Å²) in [4.78, 5) is 7.43. The van der Waals surface area contributed by atoms with Crippen LogP contribution in [0.3, 0.4) is 0 Å². The van der Waals surface area contributed by atoms with Crippen LogP contribution >= 0.6 is 0 Å². The predicted molar refractivity (Wildman–Crippen MR) is 61.9 cm³/mol. The number of fused-ring (bicyclic) bond motifs is 1. The van der Waals surface area contributed by atoms with Crippen molar-refractivity contribution in [2.24, 2.45) is 5.41 Å². The van der Waals surface area contributed by atoms with Gasteiger partial charge in [-0.15, -0.1) is 0 Å². The Kier molecular flexibility index (Phi) is 1.93. The normalized spacial score (nSPS) is 17.6. The Balaban J connectivity index is 1.82. The van der Waals surface area contributed by atoms with Gasteiger partial charge in [-0.1, -0.05) is 6.92 Å². The Morgan fingerprint density at radius 3 is 3.06 bits per heavy atom. The number of nitrogens with one attached hydrogen (secondary N) is 2. The lowest BCUT2D eigenvalue weighted by Gasteiger charge is -2.07. The molecule has 0 unspecified atom stereocenters. The zero-order chi connectivity index (χ0) is 11.2. The third kappa shape index (κ3) is 1.75. The molecule has 1 saturated carbocycles. The number of halogens is 1. The molecular formula is C12H14FN3. The highest BCUT2D eigenvalue weighted by atomic mass is 19.1. The van der Waals surface area contributed by atoms with Gasteiger partial charge in [-0.3, -0.25) is 0 Å². The van der Waals surface area contributed by atoms with E-state index in [1.54, 1.807) is 6.07 Å². The van der Waals surface area contributed by atoms with Gasteiger partial charge in [-0.25, -0.2) is 9.37 Å². The Bertz CT molecular complexity index is 528. The van der Waals surface area contributed by atoms with Crippen LogP contribution < -0.4 is 5.32 Å². The molecule has 0 amide bonds. The zero-order valence-electron chi connectivity index (χ0n) is 9.18. The monoisotopic (exact) mass is 219 g/mol. The SMILES string of the molecule is CC1(CNc2nc3ccc(F)cc3[nH]2)CC1. The standard InChI is InChI=1S/C12H14FN3/c1-12(4-5-12)7-14-11-15-9-3-2-8(13)6-10(9)16-11/h2-3,6H,4-5,7H2,1H3,(H2,14,15,16). The molecule has 0 atom stereocenters. The van der Waals surface area contributed by atoms with Gasteiger partial charge < -0.3 is 10.3 Å². The van der Waals surface area contributed by atoms with Gasteiger partial charge >= 0.3 is 0 Å². The molecule has 1 aliphatic carbocycles. The third-order valence-electron chi connectivity index (χ3n) is 3.23. The van der Waals surface area contributed by atoms with Crippen molar-refractivity contribution in [3.8, 4) is 0 Å². The first-order valence-electron chi connectivity index (χ1n) is 5.54. The Morgan fingerprint density at radius 2 is 2.31 bits per heavy atom. The Hall–Kier alpha value is -1.58. The first kappa shape index (κ1) is 9.63. The van der Waals surface area contributed by atoms with E-state index in [4.69, 9.17) is 0 Å². The maximum atomic E-state index is 13.0. The zero-order valence-corrected chi connectivity index (χ0v) is 9.18. The molecule has 3 nitrogen and oxygen atoms in total. The summed E-state index contributed by atoms with van der Waals surface area (Å²) in [6, 6.07) is 4.58. The highest BCUT2D eigenvalue weighted by Gasteiger charge is 2.36. The largest absolute Gasteiger partial charge is 0.355 e. The number of anilines is 1. The minimum absolute atomic E-state index is 0.239. The second-order valence-corrected chi connectivity index (χ2v) is 4.91. The average molecular weight is 219 g/mol. The lowest BCUT2D eigenvalue weighted by Crippen LogP contribution is -2.12. The van der Waals surface area contributed by atoms with E-state index in [0.717, 1.165) is 23.5 Å². The van der Waals surface area contributed by atoms with E-state index in [1.165, 1.54) is 25.0 Å². The van der Waals surface area contributed by atoms with Crippen molar-refractivity contribution >= 4 is 17.0 Å². The lowest BCUT2D eigenvalue weighted by molar-refractivity contribution is 0.608. The molecule has 0 radical (unpaired) electrons. The summed E-state index contributed by atoms with van der Waals surface area (Å²) in [5.74, 6) is 0.491. The molecule has 1 aliphatic rings. The number of benzene rings is 1. The highest BCUT2D eigenvalue weighted by Crippen LogP contribution is 2.44. The molecule has 2 N–H and O–H groups in total. The van der Waals surface area contributed by atoms with Crippen molar-refractivity contribution in [1.82, 2.24) is 9.97 Å². The lowest BCUT2D eigenvalue weighted by atomic mass is 10.1. The number of imidazole rings is 1. The molecule has 1 aromatic carbocycles. The first-order valence-corrected chi connectivity index (χ1v) is 5.54. The molecule has 0 bridgehead atoms. The van der Waals surface area contributed by atoms with E-state index in [-0.39, 0.29) is 5.82 Å². The van der Waals surface area contributed by atoms with Crippen molar-refractivity contribution in [3.05, 3.63) is 24.0 Å². The van der Waals surface area contributed by atoms with Crippen molar-refractivity contribution in [3.63, 3.8) is 0 Å². The van der Waals surface area contributed by atoms with E-state index in [2.05, 4.69) is 22.2 Å². The van der Waals surface area contributed by atoms with Gasteiger partial charge in [0.15, 0.2) is 0 Å². The fourth-order valence-corrected chi connectivity index (χ4v) is 1.75. The van der Waals surface area contributed by atoms with E-state index < -0.39 is 0 Å². The number of aromatic amines is 1. The number of rotatable bonds is 3. The topological polar surface area (TPSA) is 40.7 Å². The van der Waals surface area contributed by atoms with Crippen molar-refractivity contribution in [2.75, 3.05) is 11.9 Å². The highest BCUT2D eigenvalue weighted by molar-refractivity contribution is 5.77. The maximum absolute atomic E-state index is 13.0. The quantitative estimate of drug-likeness (QED) is 0.833. The minimum atomic E-state index is -0.239. The van der Waals surface area contributed by atoms with Crippen LogP contribution in [0.2, 0.25) is 0 Å². The molecule has 2 aromatic rings. The minimum Gasteiger partial charge on any atom is -0.355 e. The van der Waals surface area contributed by atoms with E-state index in [9.17, 15) is 4.39 Å². The van der Waals surface area contributed by atoms with E-state index in [0.29, 0.717) is 5.41 Å². The molecule has 1 aromatic heterocycles. The van der Waals surface area contributed by atoms with Gasteiger partial charge in [0.05, 0.1) is 11.0 Å². The van der Waals surface area contributed by atoms with Crippen LogP contribution in [0.4, 0.5) is 10.3 Å². The summed E-state index contributed by atoms with van der Waals surface area (Å²) in [6.45, 7) is 3.18. The van der Waals surface area contributed by atoms with Crippen LogP contribution in [-0.2, 0) is 0 Å². The van der Waals surface area contributed by atoms with Gasteiger partial charge in [-0.2, -0.15) is 0 Å². The van der Waals surface area contributed by atoms with E-state index >= 15 is 0 Å². The molecule has 1 fully saturated rings. The summed E-state index contributed by atoms with van der Waals surface area (Å²) in [5.41, 5.74) is 1.97. The number of aromatic nitrogens is 2. The van der Waals surface area contributed by atoms with Crippen LogP contribution in [0.5, 0.6) is 0 Å². The summed E-state index contributed by atoms with van der Waals surface area (Å²) >= 11 is 0. The molecule has 0 saturated heterocycles. The van der Waals surface area contributed by atoms with Gasteiger partial charge in [0, 0.05) is 6.54 Å². The average Bonchev–Trinajstić information content (AvgIpc) is 2.85. The maximum Gasteiger partial charge on any atom is 0.201 e. The van der Waals surface area contributed by atoms with Crippen molar-refractivity contribution in [2.45, 2.75) is 19.8 Å². The van der Waals surface area contributed by atoms with Crippen molar-refractivity contribution < 1.29 is 4.39 Å². The van der Waals surface area contributed by atoms with Crippen LogP contribution in [0.1, 0.15) is 19.8 Å². The van der Waals surface area contributed by atoms with E-state index in [1.807, 2.05) is 0 Å². The molecule has 1 heterocycles. The smallest absolute Gasteiger partial charge is 0.201 e. The Morgan fingerprint density at radius 1 is 1.50 bits per heavy atom. The summed E-state index contributed by atoms with van der Waals surface area (Å²) in [5, 5.41) is 3.27. The summed E-state index contributed by atoms with van der Waals surface area (Å²) in [7, 11) is 0. The van der Waals surface area contributed by atoms with Gasteiger partial charge in [0.2, 0.25) is 5.95 Å². The number of hydrogen-bond acceptors (Lipinski definition) is 2. The predicted octanol–water partition coefficient (Wildman–Crippen LogP) is 2.91. The second kappa shape index (κ2) is 3.20. The molecule has 3 rings (SSSR count). The molecule has 0 aliphatic heterocycles. The molecule has 4 heteroatoms. The number of nitrogens with zero attached hydrogens (tertiary/aromatic N) is 1. The Labute approximate surface area is 93.1 Å². The molecular weight excluding hydrogens is 205 g/mol. The van der Waals surface area contributed by atoms with Crippen LogP contribution in [0, 0.1) is 11.2 Å². The van der Waals surface area contributed by atoms with Crippen LogP contribution in [0.15, 0.2) is 18.2 Å². The van der Waals surface area contributed by atoms with Gasteiger partial charge in [-0.05, 0) is 36.5 Å². The summed E-state index contributed by atoms with van der Waals surface area (Å²) < 4.78 is 13.0. The molecule has 16 heavy (non-hydrogen) atoms. The fourth-order valence-electron chi connectivity index (χ4n) is 1.75. The molecule has 0 spiro atoms. The fraction of sp³-hybridized carbons (Fsp3) is 0.417. The van der Waals surface area contributed by atoms with Crippen LogP contribution in [0.25, 0.3) is 11.0 Å². The number of hydrogen-bond donors (Lipinski definition) is 2. The third-order valence-corrected chi connectivity index (χ3v) is 3.23. The summed E-state index contributed by atoms with van der Waals surface area (Å²) in [6.07, 6.45) is 2.55. The van der Waals surface area contributed by atoms with Gasteiger partial charge in [0.25, 0.3) is 0 Å². The second-order valence-electron chi connectivity index (χ2n) is 4.91. The van der Waals surface area contributed by atoms with Crippen molar-refractivity contribution in [1.29, 1.82) is 0 Å².